The summed E-state index contributed by atoms with van der Waals surface area (Å²) in [4.78, 5) is 10.2. The Hall–Kier alpha value is -1.53. The molecular formula is C11H8ClFO2. The number of hydrogen-bond donors (Lipinski definition) is 1. The Bertz CT molecular complexity index is 458. The first-order chi connectivity index (χ1) is 7.02. The Balaban J connectivity index is 3.00. The summed E-state index contributed by atoms with van der Waals surface area (Å²) in [5, 5.41) is 8.59. The number of hydrogen-bond acceptors (Lipinski definition) is 1. The molecule has 0 aliphatic heterocycles. The van der Waals surface area contributed by atoms with E-state index < -0.39 is 11.8 Å². The summed E-state index contributed by atoms with van der Waals surface area (Å²) in [6, 6.07) is 2.69. The molecule has 1 aromatic carbocycles. The highest BCUT2D eigenvalue weighted by Crippen LogP contribution is 2.22. The summed E-state index contributed by atoms with van der Waals surface area (Å²) in [6.45, 7) is 1.54. The summed E-state index contributed by atoms with van der Waals surface area (Å²) in [7, 11) is 0. The third kappa shape index (κ3) is 2.97. The number of carbonyl (C=O) groups is 1. The van der Waals surface area contributed by atoms with Gasteiger partial charge in [-0.2, -0.15) is 0 Å². The van der Waals surface area contributed by atoms with Gasteiger partial charge < -0.3 is 5.11 Å². The largest absolute Gasteiger partial charge is 0.481 e. The molecule has 0 aromatic heterocycles. The lowest BCUT2D eigenvalue weighted by Gasteiger charge is -2.01. The number of carboxylic acids is 1. The van der Waals surface area contributed by atoms with Gasteiger partial charge in [-0.1, -0.05) is 23.4 Å². The van der Waals surface area contributed by atoms with E-state index in [0.29, 0.717) is 11.1 Å². The summed E-state index contributed by atoms with van der Waals surface area (Å²) < 4.78 is 13.0. The third-order valence-corrected chi connectivity index (χ3v) is 2.27. The van der Waals surface area contributed by atoms with Crippen molar-refractivity contribution in [2.24, 2.45) is 0 Å². The van der Waals surface area contributed by atoms with Crippen molar-refractivity contribution in [1.29, 1.82) is 0 Å². The van der Waals surface area contributed by atoms with Crippen LogP contribution in [0.1, 0.15) is 17.5 Å². The minimum Gasteiger partial charge on any atom is -0.481 e. The molecule has 15 heavy (non-hydrogen) atoms. The van der Waals surface area contributed by atoms with Gasteiger partial charge in [0.15, 0.2) is 0 Å². The molecule has 0 aliphatic rings. The predicted molar refractivity (Wildman–Crippen MR) is 55.3 cm³/mol. The van der Waals surface area contributed by atoms with E-state index in [-0.39, 0.29) is 11.4 Å². The second kappa shape index (κ2) is 4.81. The summed E-state index contributed by atoms with van der Waals surface area (Å²) in [5.74, 6) is 3.61. The van der Waals surface area contributed by atoms with Crippen molar-refractivity contribution in [2.45, 2.75) is 13.3 Å². The second-order valence-corrected chi connectivity index (χ2v) is 3.28. The minimum atomic E-state index is -1.00. The van der Waals surface area contributed by atoms with Gasteiger partial charge in [-0.15, -0.1) is 0 Å². The van der Waals surface area contributed by atoms with Crippen molar-refractivity contribution < 1.29 is 14.3 Å². The zero-order valence-electron chi connectivity index (χ0n) is 7.97. The van der Waals surface area contributed by atoms with Gasteiger partial charge in [0.05, 0.1) is 5.02 Å². The van der Waals surface area contributed by atoms with Crippen LogP contribution in [0.2, 0.25) is 5.02 Å². The molecule has 1 aromatic rings. The Labute approximate surface area is 91.7 Å². The first-order valence-electron chi connectivity index (χ1n) is 4.17. The molecule has 0 radical (unpaired) electrons. The average Bonchev–Trinajstić information content (AvgIpc) is 2.18. The third-order valence-electron chi connectivity index (χ3n) is 1.78. The standard InChI is InChI=1S/C11H8ClFO2/c1-7-9(13)6-5-8(11(7)12)3-2-4-10(14)15/h5-6H,4H2,1H3,(H,14,15). The molecule has 2 nitrogen and oxygen atoms in total. The topological polar surface area (TPSA) is 37.3 Å². The lowest BCUT2D eigenvalue weighted by molar-refractivity contribution is -0.135. The normalized spacial score (nSPS) is 9.27. The van der Waals surface area contributed by atoms with Crippen LogP contribution in [0.15, 0.2) is 12.1 Å². The van der Waals surface area contributed by atoms with Crippen molar-refractivity contribution in [3.05, 3.63) is 34.1 Å². The van der Waals surface area contributed by atoms with Crippen LogP contribution in [0.25, 0.3) is 0 Å². The zero-order chi connectivity index (χ0) is 11.4. The van der Waals surface area contributed by atoms with Gasteiger partial charge in [0.25, 0.3) is 0 Å². The van der Waals surface area contributed by atoms with Gasteiger partial charge in [-0.05, 0) is 19.1 Å². The molecule has 0 saturated carbocycles. The number of rotatable bonds is 1. The Morgan fingerprint density at radius 2 is 2.27 bits per heavy atom. The van der Waals surface area contributed by atoms with E-state index in [1.54, 1.807) is 6.92 Å². The van der Waals surface area contributed by atoms with Gasteiger partial charge in [-0.25, -0.2) is 4.39 Å². The lowest BCUT2D eigenvalue weighted by Crippen LogP contribution is -1.91. The molecule has 4 heteroatoms. The van der Waals surface area contributed by atoms with E-state index in [9.17, 15) is 9.18 Å². The summed E-state index contributed by atoms with van der Waals surface area (Å²) in [5.41, 5.74) is 0.760. The Kier molecular flexibility index (Phi) is 3.70. The van der Waals surface area contributed by atoms with Gasteiger partial charge in [0.1, 0.15) is 12.2 Å². The number of carboxylic acid groups (broad SMARTS) is 1. The van der Waals surface area contributed by atoms with Crippen LogP contribution in [0.5, 0.6) is 0 Å². The first-order valence-corrected chi connectivity index (χ1v) is 4.55. The molecule has 0 saturated heterocycles. The molecule has 78 valence electrons. The molecule has 0 bridgehead atoms. The summed E-state index contributed by atoms with van der Waals surface area (Å²) in [6.07, 6.45) is -0.257. The quantitative estimate of drug-likeness (QED) is 0.748. The van der Waals surface area contributed by atoms with E-state index in [4.69, 9.17) is 16.7 Å². The van der Waals surface area contributed by atoms with Crippen LogP contribution in [0.4, 0.5) is 4.39 Å². The molecule has 1 rings (SSSR count). The van der Waals surface area contributed by atoms with Crippen LogP contribution in [-0.4, -0.2) is 11.1 Å². The first kappa shape index (κ1) is 11.5. The van der Waals surface area contributed by atoms with Gasteiger partial charge >= 0.3 is 5.97 Å². The fourth-order valence-corrected chi connectivity index (χ4v) is 1.17. The fraction of sp³-hybridized carbons (Fsp3) is 0.182. The molecule has 0 fully saturated rings. The zero-order valence-corrected chi connectivity index (χ0v) is 8.73. The van der Waals surface area contributed by atoms with Crippen molar-refractivity contribution in [1.82, 2.24) is 0 Å². The highest BCUT2D eigenvalue weighted by atomic mass is 35.5. The lowest BCUT2D eigenvalue weighted by atomic mass is 10.1. The minimum absolute atomic E-state index is 0.230. The second-order valence-electron chi connectivity index (χ2n) is 2.91. The smallest absolute Gasteiger partial charge is 0.315 e. The van der Waals surface area contributed by atoms with E-state index >= 15 is 0 Å². The van der Waals surface area contributed by atoms with Crippen molar-refractivity contribution in [3.8, 4) is 11.8 Å². The molecule has 0 heterocycles. The molecule has 0 amide bonds. The maximum Gasteiger partial charge on any atom is 0.315 e. The van der Waals surface area contributed by atoms with Crippen molar-refractivity contribution in [2.75, 3.05) is 0 Å². The Morgan fingerprint density at radius 1 is 1.60 bits per heavy atom. The van der Waals surface area contributed by atoms with Crippen LogP contribution < -0.4 is 0 Å². The van der Waals surface area contributed by atoms with E-state index in [2.05, 4.69) is 11.8 Å². The summed E-state index contributed by atoms with van der Waals surface area (Å²) >= 11 is 5.82. The molecule has 1 N–H and O–H groups in total. The van der Waals surface area contributed by atoms with Gasteiger partial charge in [-0.3, -0.25) is 4.79 Å². The monoisotopic (exact) mass is 226 g/mol. The molecule has 0 aliphatic carbocycles. The molecule has 0 atom stereocenters. The highest BCUT2D eigenvalue weighted by Gasteiger charge is 2.05. The van der Waals surface area contributed by atoms with E-state index in [1.165, 1.54) is 12.1 Å². The average molecular weight is 227 g/mol. The van der Waals surface area contributed by atoms with Crippen molar-refractivity contribution >= 4 is 17.6 Å². The van der Waals surface area contributed by atoms with Crippen LogP contribution in [0, 0.1) is 24.6 Å². The number of benzene rings is 1. The Morgan fingerprint density at radius 3 is 2.87 bits per heavy atom. The van der Waals surface area contributed by atoms with Crippen LogP contribution in [-0.2, 0) is 4.79 Å². The van der Waals surface area contributed by atoms with E-state index in [0.717, 1.165) is 0 Å². The molecule has 0 spiro atoms. The predicted octanol–water partition coefficient (Wildman–Crippen LogP) is 2.61. The SMILES string of the molecule is Cc1c(F)ccc(C#CCC(=O)O)c1Cl. The van der Waals surface area contributed by atoms with Gasteiger partial charge in [0.2, 0.25) is 0 Å². The van der Waals surface area contributed by atoms with Crippen LogP contribution >= 0.6 is 11.6 Å². The highest BCUT2D eigenvalue weighted by molar-refractivity contribution is 6.32. The maximum atomic E-state index is 13.0. The van der Waals surface area contributed by atoms with Gasteiger partial charge in [0, 0.05) is 11.1 Å². The number of halogens is 2. The molecule has 0 unspecified atom stereocenters. The van der Waals surface area contributed by atoms with E-state index in [1.807, 2.05) is 0 Å². The number of aliphatic carboxylic acids is 1. The molecular weight excluding hydrogens is 219 g/mol. The fourth-order valence-electron chi connectivity index (χ4n) is 0.973. The van der Waals surface area contributed by atoms with Crippen molar-refractivity contribution in [3.63, 3.8) is 0 Å². The maximum absolute atomic E-state index is 13.0. The van der Waals surface area contributed by atoms with Crippen LogP contribution in [0.3, 0.4) is 0 Å².